The van der Waals surface area contributed by atoms with E-state index in [9.17, 15) is 9.90 Å². The van der Waals surface area contributed by atoms with Gasteiger partial charge >= 0.3 is 5.97 Å². The molecule has 2 unspecified atom stereocenters. The van der Waals surface area contributed by atoms with E-state index in [2.05, 4.69) is 48.0 Å². The third kappa shape index (κ3) is 3.98. The lowest BCUT2D eigenvalue weighted by molar-refractivity contribution is -0.144. The third-order valence-electron chi connectivity index (χ3n) is 4.32. The van der Waals surface area contributed by atoms with Crippen LogP contribution in [-0.4, -0.2) is 34.0 Å². The summed E-state index contributed by atoms with van der Waals surface area (Å²) in [5, 5.41) is 10.3. The highest BCUT2D eigenvalue weighted by Crippen LogP contribution is 2.28. The highest BCUT2D eigenvalue weighted by Gasteiger charge is 2.29. The van der Waals surface area contributed by atoms with Crippen LogP contribution >= 0.6 is 11.3 Å². The molecule has 4 nitrogen and oxygen atoms in total. The summed E-state index contributed by atoms with van der Waals surface area (Å²) < 4.78 is 0. The Kier molecular flexibility index (Phi) is 4.78. The SMILES string of the molecule is Cc1ccc(-c2ncc(CN3CC(C)CC(C(=O)O)C3)s2)cc1. The van der Waals surface area contributed by atoms with Gasteiger partial charge in [-0.25, -0.2) is 4.98 Å². The Morgan fingerprint density at radius 3 is 2.78 bits per heavy atom. The van der Waals surface area contributed by atoms with Gasteiger partial charge < -0.3 is 5.11 Å². The zero-order valence-electron chi connectivity index (χ0n) is 13.5. The van der Waals surface area contributed by atoms with Crippen LogP contribution < -0.4 is 0 Å². The highest BCUT2D eigenvalue weighted by molar-refractivity contribution is 7.15. The molecule has 1 fully saturated rings. The van der Waals surface area contributed by atoms with E-state index in [4.69, 9.17) is 0 Å². The largest absolute Gasteiger partial charge is 0.481 e. The first-order valence-electron chi connectivity index (χ1n) is 7.98. The number of nitrogens with zero attached hydrogens (tertiary/aromatic N) is 2. The van der Waals surface area contributed by atoms with E-state index in [0.29, 0.717) is 12.5 Å². The topological polar surface area (TPSA) is 53.4 Å². The van der Waals surface area contributed by atoms with E-state index in [1.165, 1.54) is 10.4 Å². The van der Waals surface area contributed by atoms with E-state index >= 15 is 0 Å². The fourth-order valence-electron chi connectivity index (χ4n) is 3.20. The second kappa shape index (κ2) is 6.81. The molecular weight excluding hydrogens is 308 g/mol. The highest BCUT2D eigenvalue weighted by atomic mass is 32.1. The summed E-state index contributed by atoms with van der Waals surface area (Å²) in [4.78, 5) is 19.3. The first kappa shape index (κ1) is 16.1. The number of hydrogen-bond acceptors (Lipinski definition) is 4. The average Bonchev–Trinajstić information content (AvgIpc) is 2.95. The van der Waals surface area contributed by atoms with Gasteiger partial charge in [0.1, 0.15) is 5.01 Å². The van der Waals surface area contributed by atoms with Crippen molar-refractivity contribution in [3.05, 3.63) is 40.9 Å². The lowest BCUT2D eigenvalue weighted by atomic mass is 9.90. The molecule has 1 aliphatic rings. The molecule has 1 aromatic heterocycles. The van der Waals surface area contributed by atoms with Crippen LogP contribution in [0.5, 0.6) is 0 Å². The van der Waals surface area contributed by atoms with Crippen LogP contribution in [0.3, 0.4) is 0 Å². The predicted octanol–water partition coefficient (Wildman–Crippen LogP) is 3.66. The summed E-state index contributed by atoms with van der Waals surface area (Å²) in [6, 6.07) is 8.39. The lowest BCUT2D eigenvalue weighted by Crippen LogP contribution is -2.41. The van der Waals surface area contributed by atoms with Crippen LogP contribution in [0.15, 0.2) is 30.5 Å². The van der Waals surface area contributed by atoms with E-state index in [1.807, 2.05) is 6.20 Å². The molecule has 122 valence electrons. The van der Waals surface area contributed by atoms with Crippen molar-refractivity contribution in [3.8, 4) is 10.6 Å². The minimum absolute atomic E-state index is 0.247. The molecule has 2 atom stereocenters. The summed E-state index contributed by atoms with van der Waals surface area (Å²) in [5.74, 6) is -0.497. The standard InChI is InChI=1S/C18H22N2O2S/c1-12-3-5-14(6-4-12)17-19-8-16(23-17)11-20-9-13(2)7-15(10-20)18(21)22/h3-6,8,13,15H,7,9-11H2,1-2H3,(H,21,22). The van der Waals surface area contributed by atoms with E-state index in [1.54, 1.807) is 11.3 Å². The summed E-state index contributed by atoms with van der Waals surface area (Å²) in [6.07, 6.45) is 2.71. The van der Waals surface area contributed by atoms with Crippen molar-refractivity contribution in [1.82, 2.24) is 9.88 Å². The van der Waals surface area contributed by atoms with Crippen molar-refractivity contribution >= 4 is 17.3 Å². The molecule has 23 heavy (non-hydrogen) atoms. The summed E-state index contributed by atoms with van der Waals surface area (Å²) in [7, 11) is 0. The van der Waals surface area contributed by atoms with E-state index in [-0.39, 0.29) is 5.92 Å². The molecule has 0 aliphatic carbocycles. The number of carbonyl (C=O) groups is 1. The van der Waals surface area contributed by atoms with Crippen molar-refractivity contribution in [2.45, 2.75) is 26.8 Å². The number of aryl methyl sites for hydroxylation is 1. The minimum Gasteiger partial charge on any atom is -0.481 e. The molecular formula is C18H22N2O2S. The van der Waals surface area contributed by atoms with Crippen LogP contribution in [-0.2, 0) is 11.3 Å². The molecule has 0 spiro atoms. The smallest absolute Gasteiger partial charge is 0.307 e. The number of aliphatic carboxylic acids is 1. The Hall–Kier alpha value is -1.72. The molecule has 5 heteroatoms. The van der Waals surface area contributed by atoms with Gasteiger partial charge in [-0.1, -0.05) is 36.8 Å². The number of hydrogen-bond donors (Lipinski definition) is 1. The van der Waals surface area contributed by atoms with Gasteiger partial charge in [-0.3, -0.25) is 9.69 Å². The summed E-state index contributed by atoms with van der Waals surface area (Å²) in [5.41, 5.74) is 2.38. The molecule has 0 bridgehead atoms. The van der Waals surface area contributed by atoms with Gasteiger partial charge in [0.15, 0.2) is 0 Å². The maximum Gasteiger partial charge on any atom is 0.307 e. The summed E-state index contributed by atoms with van der Waals surface area (Å²) >= 11 is 1.70. The second-order valence-electron chi connectivity index (χ2n) is 6.57. The number of piperidine rings is 1. The van der Waals surface area contributed by atoms with Crippen LogP contribution in [0, 0.1) is 18.8 Å². The number of aromatic nitrogens is 1. The molecule has 3 rings (SSSR count). The predicted molar refractivity (Wildman–Crippen MR) is 92.5 cm³/mol. The number of carboxylic acids is 1. The second-order valence-corrected chi connectivity index (χ2v) is 7.68. The van der Waals surface area contributed by atoms with Crippen molar-refractivity contribution in [2.75, 3.05) is 13.1 Å². The third-order valence-corrected chi connectivity index (χ3v) is 5.35. The van der Waals surface area contributed by atoms with Crippen LogP contribution in [0.25, 0.3) is 10.6 Å². The molecule has 0 radical (unpaired) electrons. The number of likely N-dealkylation sites (tertiary alicyclic amines) is 1. The lowest BCUT2D eigenvalue weighted by Gasteiger charge is -2.34. The number of benzene rings is 1. The minimum atomic E-state index is -0.675. The molecule has 1 aliphatic heterocycles. The van der Waals surface area contributed by atoms with Gasteiger partial charge in [-0.2, -0.15) is 0 Å². The molecule has 1 saturated heterocycles. The fourth-order valence-corrected chi connectivity index (χ4v) is 4.16. The Labute approximate surface area is 140 Å². The molecule has 2 aromatic rings. The van der Waals surface area contributed by atoms with Crippen LogP contribution in [0.2, 0.25) is 0 Å². The van der Waals surface area contributed by atoms with Crippen LogP contribution in [0.4, 0.5) is 0 Å². The fraction of sp³-hybridized carbons (Fsp3) is 0.444. The first-order chi connectivity index (χ1) is 11.0. The van der Waals surface area contributed by atoms with Crippen molar-refractivity contribution in [1.29, 1.82) is 0 Å². The zero-order valence-corrected chi connectivity index (χ0v) is 14.3. The maximum atomic E-state index is 11.3. The Balaban J connectivity index is 1.69. The van der Waals surface area contributed by atoms with E-state index in [0.717, 1.165) is 30.1 Å². The van der Waals surface area contributed by atoms with E-state index < -0.39 is 5.97 Å². The maximum absolute atomic E-state index is 11.3. The summed E-state index contributed by atoms with van der Waals surface area (Å²) in [6.45, 7) is 6.59. The van der Waals surface area contributed by atoms with Crippen LogP contribution in [0.1, 0.15) is 23.8 Å². The van der Waals surface area contributed by atoms with Gasteiger partial charge in [-0.15, -0.1) is 11.3 Å². The molecule has 0 saturated carbocycles. The van der Waals surface area contributed by atoms with Crippen molar-refractivity contribution < 1.29 is 9.90 Å². The normalized spacial score (nSPS) is 22.2. The Morgan fingerprint density at radius 2 is 2.09 bits per heavy atom. The van der Waals surface area contributed by atoms with Gasteiger partial charge in [0.25, 0.3) is 0 Å². The molecule has 1 N–H and O–H groups in total. The molecule has 2 heterocycles. The average molecular weight is 330 g/mol. The Bertz CT molecular complexity index is 681. The number of carboxylic acid groups (broad SMARTS) is 1. The van der Waals surface area contributed by atoms with Crippen molar-refractivity contribution in [3.63, 3.8) is 0 Å². The Morgan fingerprint density at radius 1 is 1.35 bits per heavy atom. The van der Waals surface area contributed by atoms with Gasteiger partial charge in [0.05, 0.1) is 5.92 Å². The number of rotatable bonds is 4. The molecule has 0 amide bonds. The zero-order chi connectivity index (χ0) is 16.4. The van der Waals surface area contributed by atoms with Gasteiger partial charge in [0.2, 0.25) is 0 Å². The quantitative estimate of drug-likeness (QED) is 0.929. The van der Waals surface area contributed by atoms with Gasteiger partial charge in [0, 0.05) is 36.3 Å². The van der Waals surface area contributed by atoms with Gasteiger partial charge in [-0.05, 0) is 19.3 Å². The number of thiazole rings is 1. The first-order valence-corrected chi connectivity index (χ1v) is 8.80. The molecule has 1 aromatic carbocycles. The van der Waals surface area contributed by atoms with Crippen molar-refractivity contribution in [2.24, 2.45) is 11.8 Å². The monoisotopic (exact) mass is 330 g/mol.